The van der Waals surface area contributed by atoms with Gasteiger partial charge in [-0.3, -0.25) is 9.69 Å². The third-order valence-corrected chi connectivity index (χ3v) is 4.72. The number of amides is 3. The Bertz CT molecular complexity index is 397. The number of carbonyl (C=O) groups excluding carboxylic acids is 2. The van der Waals surface area contributed by atoms with Gasteiger partial charge in [0.15, 0.2) is 0 Å². The average molecular weight is 326 g/mol. The van der Waals surface area contributed by atoms with Crippen LogP contribution in [0, 0.1) is 0 Å². The molecule has 2 heterocycles. The third-order valence-electron chi connectivity index (χ3n) is 4.72. The molecule has 0 radical (unpaired) electrons. The third kappa shape index (κ3) is 5.07. The van der Waals surface area contributed by atoms with E-state index >= 15 is 0 Å². The Hall–Kier alpha value is -1.34. The molecule has 0 aromatic heterocycles. The maximum atomic E-state index is 12.2. The molecule has 3 amide bonds. The van der Waals surface area contributed by atoms with E-state index in [2.05, 4.69) is 10.2 Å². The van der Waals surface area contributed by atoms with Crippen molar-refractivity contribution < 1.29 is 14.3 Å². The molecule has 7 nitrogen and oxygen atoms in total. The summed E-state index contributed by atoms with van der Waals surface area (Å²) in [6.45, 7) is 8.05. The Balaban J connectivity index is 1.66. The second-order valence-electron chi connectivity index (χ2n) is 6.26. The Morgan fingerprint density at radius 3 is 2.61 bits per heavy atom. The Morgan fingerprint density at radius 1 is 1.26 bits per heavy atom. The number of methoxy groups -OCH3 is 1. The summed E-state index contributed by atoms with van der Waals surface area (Å²) in [6.07, 6.45) is 2.76. The van der Waals surface area contributed by atoms with Crippen LogP contribution in [0.4, 0.5) is 4.79 Å². The molecule has 2 aliphatic rings. The van der Waals surface area contributed by atoms with Crippen LogP contribution in [0.5, 0.6) is 0 Å². The van der Waals surface area contributed by atoms with Gasteiger partial charge in [-0.2, -0.15) is 0 Å². The Kier molecular flexibility index (Phi) is 7.11. The molecule has 0 aliphatic carbocycles. The number of likely N-dealkylation sites (tertiary alicyclic amines) is 1. The SMILES string of the molecule is CCN1CCN(C2CCN(CC(=O)NCCCOC)CC2)C1=O. The minimum atomic E-state index is 0.0777. The van der Waals surface area contributed by atoms with Crippen LogP contribution in [0.15, 0.2) is 0 Å². The first-order valence-electron chi connectivity index (χ1n) is 8.69. The topological polar surface area (TPSA) is 65.1 Å². The van der Waals surface area contributed by atoms with Gasteiger partial charge in [-0.05, 0) is 26.2 Å². The highest BCUT2D eigenvalue weighted by Crippen LogP contribution is 2.21. The maximum Gasteiger partial charge on any atom is 0.320 e. The van der Waals surface area contributed by atoms with Crippen molar-refractivity contribution in [3.8, 4) is 0 Å². The fraction of sp³-hybridized carbons (Fsp3) is 0.875. The minimum Gasteiger partial charge on any atom is -0.385 e. The number of hydrogen-bond acceptors (Lipinski definition) is 4. The van der Waals surface area contributed by atoms with E-state index in [-0.39, 0.29) is 11.9 Å². The maximum absolute atomic E-state index is 12.2. The average Bonchev–Trinajstić information content (AvgIpc) is 2.93. The van der Waals surface area contributed by atoms with Crippen LogP contribution in [0.2, 0.25) is 0 Å². The Morgan fingerprint density at radius 2 is 2.00 bits per heavy atom. The fourth-order valence-corrected chi connectivity index (χ4v) is 3.33. The quantitative estimate of drug-likeness (QED) is 0.654. The summed E-state index contributed by atoms with van der Waals surface area (Å²) in [5, 5.41) is 2.92. The van der Waals surface area contributed by atoms with E-state index < -0.39 is 0 Å². The summed E-state index contributed by atoms with van der Waals surface area (Å²) < 4.78 is 4.96. The van der Waals surface area contributed by atoms with E-state index in [9.17, 15) is 9.59 Å². The second kappa shape index (κ2) is 9.08. The van der Waals surface area contributed by atoms with Crippen molar-refractivity contribution in [1.29, 1.82) is 0 Å². The number of likely N-dealkylation sites (N-methyl/N-ethyl adjacent to an activating group) is 1. The van der Waals surface area contributed by atoms with Crippen molar-refractivity contribution >= 4 is 11.9 Å². The zero-order valence-corrected chi connectivity index (χ0v) is 14.4. The van der Waals surface area contributed by atoms with Gasteiger partial charge in [0.2, 0.25) is 5.91 Å². The van der Waals surface area contributed by atoms with Gasteiger partial charge >= 0.3 is 6.03 Å². The van der Waals surface area contributed by atoms with Crippen LogP contribution >= 0.6 is 0 Å². The molecule has 2 rings (SSSR count). The molecule has 0 aromatic rings. The van der Waals surface area contributed by atoms with Gasteiger partial charge in [0.05, 0.1) is 6.54 Å². The molecule has 0 atom stereocenters. The summed E-state index contributed by atoms with van der Waals surface area (Å²) in [7, 11) is 1.66. The predicted molar refractivity (Wildman–Crippen MR) is 88.3 cm³/mol. The van der Waals surface area contributed by atoms with E-state index in [1.807, 2.05) is 16.7 Å². The standard InChI is InChI=1S/C16H30N4O3/c1-3-19-10-11-20(16(19)22)14-5-8-18(9-6-14)13-15(21)17-7-4-12-23-2/h14H,3-13H2,1-2H3,(H,17,21). The van der Waals surface area contributed by atoms with Crippen molar-refractivity contribution in [3.63, 3.8) is 0 Å². The zero-order chi connectivity index (χ0) is 16.7. The molecule has 0 bridgehead atoms. The summed E-state index contributed by atoms with van der Waals surface area (Å²) >= 11 is 0. The molecule has 2 aliphatic heterocycles. The van der Waals surface area contributed by atoms with Crippen molar-refractivity contribution in [1.82, 2.24) is 20.0 Å². The molecule has 0 aromatic carbocycles. The Labute approximate surface area is 138 Å². The molecule has 2 fully saturated rings. The van der Waals surface area contributed by atoms with Crippen molar-refractivity contribution in [3.05, 3.63) is 0 Å². The van der Waals surface area contributed by atoms with Crippen LogP contribution in [-0.2, 0) is 9.53 Å². The van der Waals surface area contributed by atoms with Gasteiger partial charge in [-0.25, -0.2) is 4.79 Å². The van der Waals surface area contributed by atoms with Crippen molar-refractivity contribution in [2.45, 2.75) is 32.2 Å². The van der Waals surface area contributed by atoms with E-state index in [1.165, 1.54) is 0 Å². The number of nitrogens with zero attached hydrogens (tertiary/aromatic N) is 3. The van der Waals surface area contributed by atoms with Gasteiger partial charge in [0.1, 0.15) is 0 Å². The molecule has 2 saturated heterocycles. The molecule has 1 N–H and O–H groups in total. The molecule has 0 unspecified atom stereocenters. The smallest absolute Gasteiger partial charge is 0.320 e. The van der Waals surface area contributed by atoms with Crippen LogP contribution in [0.3, 0.4) is 0 Å². The molecule has 0 saturated carbocycles. The van der Waals surface area contributed by atoms with Crippen LogP contribution in [-0.4, -0.2) is 92.2 Å². The molecular weight excluding hydrogens is 296 g/mol. The van der Waals surface area contributed by atoms with Gasteiger partial charge in [0, 0.05) is 59.0 Å². The number of carbonyl (C=O) groups is 2. The first-order valence-corrected chi connectivity index (χ1v) is 8.69. The summed E-state index contributed by atoms with van der Waals surface area (Å²) in [6, 6.07) is 0.516. The summed E-state index contributed by atoms with van der Waals surface area (Å²) in [4.78, 5) is 30.2. The number of hydrogen-bond donors (Lipinski definition) is 1. The van der Waals surface area contributed by atoms with Crippen molar-refractivity contribution in [2.75, 3.05) is 59.5 Å². The van der Waals surface area contributed by atoms with Gasteiger partial charge in [-0.1, -0.05) is 0 Å². The number of nitrogens with one attached hydrogen (secondary N) is 1. The van der Waals surface area contributed by atoms with Crippen LogP contribution in [0.1, 0.15) is 26.2 Å². The van der Waals surface area contributed by atoms with Crippen LogP contribution < -0.4 is 5.32 Å². The molecule has 0 spiro atoms. The van der Waals surface area contributed by atoms with E-state index in [1.54, 1.807) is 7.11 Å². The van der Waals surface area contributed by atoms with Crippen molar-refractivity contribution in [2.24, 2.45) is 0 Å². The van der Waals surface area contributed by atoms with E-state index in [4.69, 9.17) is 4.74 Å². The molecular formula is C16H30N4O3. The predicted octanol–water partition coefficient (Wildman–Crippen LogP) is 0.361. The highest BCUT2D eigenvalue weighted by atomic mass is 16.5. The lowest BCUT2D eigenvalue weighted by atomic mass is 10.0. The number of piperidine rings is 1. The largest absolute Gasteiger partial charge is 0.385 e. The minimum absolute atomic E-state index is 0.0777. The summed E-state index contributed by atoms with van der Waals surface area (Å²) in [5.74, 6) is 0.0777. The van der Waals surface area contributed by atoms with Gasteiger partial charge in [-0.15, -0.1) is 0 Å². The van der Waals surface area contributed by atoms with E-state index in [0.717, 1.165) is 52.0 Å². The second-order valence-corrected chi connectivity index (χ2v) is 6.26. The highest BCUT2D eigenvalue weighted by Gasteiger charge is 2.34. The zero-order valence-electron chi connectivity index (χ0n) is 14.4. The lowest BCUT2D eigenvalue weighted by Gasteiger charge is -2.36. The monoisotopic (exact) mass is 326 g/mol. The normalized spacial score (nSPS) is 20.3. The number of rotatable bonds is 8. The first kappa shape index (κ1) is 18.0. The summed E-state index contributed by atoms with van der Waals surface area (Å²) in [5.41, 5.74) is 0. The lowest BCUT2D eigenvalue weighted by molar-refractivity contribution is -0.122. The molecule has 132 valence electrons. The lowest BCUT2D eigenvalue weighted by Crippen LogP contribution is -2.48. The van der Waals surface area contributed by atoms with Gasteiger partial charge < -0.3 is 19.9 Å². The van der Waals surface area contributed by atoms with Crippen LogP contribution in [0.25, 0.3) is 0 Å². The van der Waals surface area contributed by atoms with E-state index in [0.29, 0.717) is 25.7 Å². The molecule has 23 heavy (non-hydrogen) atoms. The van der Waals surface area contributed by atoms with Gasteiger partial charge in [0.25, 0.3) is 0 Å². The number of urea groups is 1. The molecule has 7 heteroatoms. The number of ether oxygens (including phenoxy) is 1. The first-order chi connectivity index (χ1) is 11.2. The highest BCUT2D eigenvalue weighted by molar-refractivity contribution is 5.78. The fourth-order valence-electron chi connectivity index (χ4n) is 3.33.